The maximum atomic E-state index is 11.1. The van der Waals surface area contributed by atoms with Crippen LogP contribution in [0.5, 0.6) is 0 Å². The molecular formula is C13H24N2O. The van der Waals surface area contributed by atoms with Gasteiger partial charge in [-0.15, -0.1) is 0 Å². The van der Waals surface area contributed by atoms with Crippen LogP contribution < -0.4 is 10.6 Å². The highest BCUT2D eigenvalue weighted by atomic mass is 16.1. The monoisotopic (exact) mass is 224 g/mol. The standard InChI is InChI=1S/C13H24N2O/c1-2-3-10-4-6-11(7-5-10)15-12-8-13(16)14-9-12/h10-12,15H,2-9H2,1H3,(H,14,16). The van der Waals surface area contributed by atoms with Crippen LogP contribution in [-0.4, -0.2) is 24.5 Å². The van der Waals surface area contributed by atoms with Crippen LogP contribution in [0, 0.1) is 5.92 Å². The predicted molar refractivity (Wildman–Crippen MR) is 65.2 cm³/mol. The second-order valence-electron chi connectivity index (χ2n) is 5.38. The quantitative estimate of drug-likeness (QED) is 0.765. The fraction of sp³-hybridized carbons (Fsp3) is 0.923. The van der Waals surface area contributed by atoms with E-state index in [1.54, 1.807) is 0 Å². The average Bonchev–Trinajstić information content (AvgIpc) is 2.67. The summed E-state index contributed by atoms with van der Waals surface area (Å²) in [5.74, 6) is 1.17. The normalized spacial score (nSPS) is 35.1. The smallest absolute Gasteiger partial charge is 0.221 e. The van der Waals surface area contributed by atoms with E-state index in [9.17, 15) is 4.79 Å². The zero-order chi connectivity index (χ0) is 11.4. The van der Waals surface area contributed by atoms with E-state index < -0.39 is 0 Å². The van der Waals surface area contributed by atoms with Crippen molar-refractivity contribution < 1.29 is 4.79 Å². The van der Waals surface area contributed by atoms with E-state index in [0.29, 0.717) is 18.5 Å². The van der Waals surface area contributed by atoms with Crippen molar-refractivity contribution in [3.05, 3.63) is 0 Å². The van der Waals surface area contributed by atoms with Crippen molar-refractivity contribution in [2.45, 2.75) is 64.0 Å². The first-order valence-electron chi connectivity index (χ1n) is 6.80. The van der Waals surface area contributed by atoms with Gasteiger partial charge in [-0.1, -0.05) is 19.8 Å². The minimum Gasteiger partial charge on any atom is -0.354 e. The summed E-state index contributed by atoms with van der Waals surface area (Å²) in [7, 11) is 0. The molecule has 2 N–H and O–H groups in total. The summed E-state index contributed by atoms with van der Waals surface area (Å²) in [6, 6.07) is 1.05. The van der Waals surface area contributed by atoms with Gasteiger partial charge in [-0.3, -0.25) is 4.79 Å². The fourth-order valence-electron chi connectivity index (χ4n) is 3.08. The van der Waals surface area contributed by atoms with E-state index in [4.69, 9.17) is 0 Å². The van der Waals surface area contributed by atoms with Gasteiger partial charge < -0.3 is 10.6 Å². The molecule has 2 rings (SSSR count). The van der Waals surface area contributed by atoms with Crippen LogP contribution in [0.4, 0.5) is 0 Å². The Morgan fingerprint density at radius 1 is 1.25 bits per heavy atom. The lowest BCUT2D eigenvalue weighted by molar-refractivity contribution is -0.119. The van der Waals surface area contributed by atoms with Crippen molar-refractivity contribution in [1.82, 2.24) is 10.6 Å². The van der Waals surface area contributed by atoms with Gasteiger partial charge in [0.2, 0.25) is 5.91 Å². The summed E-state index contributed by atoms with van der Waals surface area (Å²) in [4.78, 5) is 11.1. The van der Waals surface area contributed by atoms with Gasteiger partial charge in [-0.05, 0) is 31.6 Å². The number of hydrogen-bond acceptors (Lipinski definition) is 2. The minimum absolute atomic E-state index is 0.206. The van der Waals surface area contributed by atoms with Crippen LogP contribution in [0.15, 0.2) is 0 Å². The molecule has 0 aromatic carbocycles. The Morgan fingerprint density at radius 2 is 2.00 bits per heavy atom. The summed E-state index contributed by atoms with van der Waals surface area (Å²) >= 11 is 0. The predicted octanol–water partition coefficient (Wildman–Crippen LogP) is 1.82. The summed E-state index contributed by atoms with van der Waals surface area (Å²) in [6.45, 7) is 3.11. The number of hydrogen-bond donors (Lipinski definition) is 2. The summed E-state index contributed by atoms with van der Waals surface area (Å²) in [5, 5.41) is 6.51. The van der Waals surface area contributed by atoms with Gasteiger partial charge >= 0.3 is 0 Å². The molecule has 0 aromatic heterocycles. The number of amides is 1. The Morgan fingerprint density at radius 3 is 2.56 bits per heavy atom. The van der Waals surface area contributed by atoms with Crippen molar-refractivity contribution in [2.24, 2.45) is 5.92 Å². The van der Waals surface area contributed by atoms with Crippen molar-refractivity contribution in [3.63, 3.8) is 0 Å². The number of carbonyl (C=O) groups excluding carboxylic acids is 1. The van der Waals surface area contributed by atoms with E-state index in [-0.39, 0.29) is 5.91 Å². The van der Waals surface area contributed by atoms with Crippen molar-refractivity contribution in [3.8, 4) is 0 Å². The molecule has 2 aliphatic rings. The Labute approximate surface area is 98.4 Å². The van der Waals surface area contributed by atoms with Gasteiger partial charge in [0, 0.05) is 25.0 Å². The van der Waals surface area contributed by atoms with Gasteiger partial charge in [0.25, 0.3) is 0 Å². The van der Waals surface area contributed by atoms with Crippen LogP contribution in [0.25, 0.3) is 0 Å². The van der Waals surface area contributed by atoms with Crippen LogP contribution in [-0.2, 0) is 4.79 Å². The third-order valence-electron chi connectivity index (χ3n) is 3.99. The number of rotatable bonds is 4. The number of carbonyl (C=O) groups is 1. The second kappa shape index (κ2) is 5.67. The molecule has 92 valence electrons. The van der Waals surface area contributed by atoms with Crippen LogP contribution >= 0.6 is 0 Å². The largest absolute Gasteiger partial charge is 0.354 e. The van der Waals surface area contributed by atoms with Crippen LogP contribution in [0.1, 0.15) is 51.9 Å². The van der Waals surface area contributed by atoms with E-state index in [1.165, 1.54) is 38.5 Å². The maximum absolute atomic E-state index is 11.1. The molecule has 1 atom stereocenters. The zero-order valence-electron chi connectivity index (χ0n) is 10.3. The topological polar surface area (TPSA) is 41.1 Å². The zero-order valence-corrected chi connectivity index (χ0v) is 10.3. The van der Waals surface area contributed by atoms with Gasteiger partial charge in [-0.2, -0.15) is 0 Å². The van der Waals surface area contributed by atoms with Crippen molar-refractivity contribution >= 4 is 5.91 Å². The van der Waals surface area contributed by atoms with Crippen LogP contribution in [0.2, 0.25) is 0 Å². The van der Waals surface area contributed by atoms with E-state index in [1.807, 2.05) is 0 Å². The highest BCUT2D eigenvalue weighted by Gasteiger charge is 2.26. The molecule has 2 fully saturated rings. The van der Waals surface area contributed by atoms with E-state index in [0.717, 1.165) is 12.5 Å². The summed E-state index contributed by atoms with van der Waals surface area (Å²) in [5.41, 5.74) is 0. The third kappa shape index (κ3) is 3.21. The average molecular weight is 224 g/mol. The highest BCUT2D eigenvalue weighted by molar-refractivity contribution is 5.78. The summed E-state index contributed by atoms with van der Waals surface area (Å²) in [6.07, 6.45) is 8.75. The Hall–Kier alpha value is -0.570. The lowest BCUT2D eigenvalue weighted by Gasteiger charge is -2.30. The molecule has 1 aliphatic carbocycles. The fourth-order valence-corrected chi connectivity index (χ4v) is 3.08. The molecule has 1 aliphatic heterocycles. The molecule has 0 aromatic rings. The third-order valence-corrected chi connectivity index (χ3v) is 3.99. The second-order valence-corrected chi connectivity index (χ2v) is 5.38. The summed E-state index contributed by atoms with van der Waals surface area (Å²) < 4.78 is 0. The first-order valence-corrected chi connectivity index (χ1v) is 6.80. The molecule has 1 amide bonds. The SMILES string of the molecule is CCCC1CCC(NC2CNC(=O)C2)CC1. The first-order chi connectivity index (χ1) is 7.78. The lowest BCUT2D eigenvalue weighted by atomic mass is 9.83. The molecule has 16 heavy (non-hydrogen) atoms. The molecule has 1 heterocycles. The molecule has 1 saturated carbocycles. The highest BCUT2D eigenvalue weighted by Crippen LogP contribution is 2.28. The molecule has 3 nitrogen and oxygen atoms in total. The lowest BCUT2D eigenvalue weighted by Crippen LogP contribution is -2.41. The minimum atomic E-state index is 0.206. The molecule has 0 bridgehead atoms. The Bertz CT molecular complexity index is 234. The Balaban J connectivity index is 1.67. The van der Waals surface area contributed by atoms with Crippen molar-refractivity contribution in [1.29, 1.82) is 0 Å². The first kappa shape index (κ1) is 11.9. The molecule has 0 spiro atoms. The molecule has 0 radical (unpaired) electrons. The van der Waals surface area contributed by atoms with E-state index in [2.05, 4.69) is 17.6 Å². The van der Waals surface area contributed by atoms with Gasteiger partial charge in [-0.25, -0.2) is 0 Å². The van der Waals surface area contributed by atoms with E-state index >= 15 is 0 Å². The van der Waals surface area contributed by atoms with Gasteiger partial charge in [0.1, 0.15) is 0 Å². The number of nitrogens with one attached hydrogen (secondary N) is 2. The van der Waals surface area contributed by atoms with Crippen LogP contribution in [0.3, 0.4) is 0 Å². The molecule has 1 saturated heterocycles. The molecule has 1 unspecified atom stereocenters. The Kier molecular flexibility index (Phi) is 4.22. The van der Waals surface area contributed by atoms with Crippen molar-refractivity contribution in [2.75, 3.05) is 6.54 Å². The van der Waals surface area contributed by atoms with Gasteiger partial charge in [0.15, 0.2) is 0 Å². The van der Waals surface area contributed by atoms with Gasteiger partial charge in [0.05, 0.1) is 0 Å². The molecule has 3 heteroatoms. The molecular weight excluding hydrogens is 200 g/mol. The maximum Gasteiger partial charge on any atom is 0.221 e.